The van der Waals surface area contributed by atoms with Crippen molar-refractivity contribution in [1.82, 2.24) is 0 Å². The molecule has 9 heteroatoms. The van der Waals surface area contributed by atoms with Crippen molar-refractivity contribution in [2.45, 2.75) is 12.8 Å². The summed E-state index contributed by atoms with van der Waals surface area (Å²) < 4.78 is 16.0. The fourth-order valence-electron chi connectivity index (χ4n) is 3.44. The molecule has 174 valence electrons. The number of rotatable bonds is 7. The molecule has 3 aromatic rings. The molecule has 1 N–H and O–H groups in total. The van der Waals surface area contributed by atoms with Crippen molar-refractivity contribution in [3.63, 3.8) is 0 Å². The molecule has 0 unspecified atom stereocenters. The number of hydrogen-bond acceptors (Lipinski definition) is 7. The minimum atomic E-state index is -0.703. The summed E-state index contributed by atoms with van der Waals surface area (Å²) in [7, 11) is 0. The largest absolute Gasteiger partial charge is 0.489 e. The Morgan fingerprint density at radius 2 is 1.59 bits per heavy atom. The Morgan fingerprint density at radius 3 is 2.26 bits per heavy atom. The van der Waals surface area contributed by atoms with Crippen molar-refractivity contribution in [1.29, 1.82) is 0 Å². The molecule has 1 aliphatic rings. The van der Waals surface area contributed by atoms with Crippen LogP contribution in [0.3, 0.4) is 0 Å². The van der Waals surface area contributed by atoms with E-state index in [1.54, 1.807) is 0 Å². The maximum absolute atomic E-state index is 12.3. The predicted octanol–water partition coefficient (Wildman–Crippen LogP) is 4.15. The number of ether oxygens (including phenoxy) is 3. The monoisotopic (exact) mass is 462 g/mol. The number of nitro groups is 1. The van der Waals surface area contributed by atoms with Gasteiger partial charge in [0.25, 0.3) is 11.6 Å². The summed E-state index contributed by atoms with van der Waals surface area (Å²) in [5.41, 5.74) is 2.42. The van der Waals surface area contributed by atoms with Crippen molar-refractivity contribution in [3.05, 3.63) is 82.4 Å². The SMILES string of the molecule is O=C(COC(=O)Cc1ccc(-c2ccccc2)cc1)Nc1cc2c(cc1[N+](=O)[O-])OCCCO2. The molecule has 0 atom stereocenters. The molecule has 1 aliphatic heterocycles. The summed E-state index contributed by atoms with van der Waals surface area (Å²) >= 11 is 0. The van der Waals surface area contributed by atoms with E-state index in [0.717, 1.165) is 16.7 Å². The minimum absolute atomic E-state index is 0.00742. The van der Waals surface area contributed by atoms with Gasteiger partial charge in [0.05, 0.1) is 30.6 Å². The highest BCUT2D eigenvalue weighted by molar-refractivity contribution is 5.95. The van der Waals surface area contributed by atoms with Crippen LogP contribution in [0.4, 0.5) is 11.4 Å². The smallest absolute Gasteiger partial charge is 0.310 e. The second kappa shape index (κ2) is 10.5. The highest BCUT2D eigenvalue weighted by atomic mass is 16.6. The quantitative estimate of drug-likeness (QED) is 0.318. The van der Waals surface area contributed by atoms with Crippen molar-refractivity contribution in [3.8, 4) is 22.6 Å². The zero-order chi connectivity index (χ0) is 23.9. The van der Waals surface area contributed by atoms with Gasteiger partial charge < -0.3 is 19.5 Å². The van der Waals surface area contributed by atoms with E-state index in [1.807, 2.05) is 54.6 Å². The highest BCUT2D eigenvalue weighted by Crippen LogP contribution is 2.39. The van der Waals surface area contributed by atoms with E-state index in [1.165, 1.54) is 12.1 Å². The maximum Gasteiger partial charge on any atom is 0.310 e. The van der Waals surface area contributed by atoms with Gasteiger partial charge in [-0.3, -0.25) is 19.7 Å². The van der Waals surface area contributed by atoms with Crippen molar-refractivity contribution >= 4 is 23.3 Å². The summed E-state index contributed by atoms with van der Waals surface area (Å²) in [6.45, 7) is 0.190. The first-order valence-corrected chi connectivity index (χ1v) is 10.7. The van der Waals surface area contributed by atoms with E-state index in [-0.39, 0.29) is 23.5 Å². The van der Waals surface area contributed by atoms with Crippen LogP contribution in [-0.4, -0.2) is 36.6 Å². The summed E-state index contributed by atoms with van der Waals surface area (Å²) in [5, 5.41) is 13.8. The van der Waals surface area contributed by atoms with Gasteiger partial charge in [-0.05, 0) is 16.7 Å². The molecule has 1 heterocycles. The van der Waals surface area contributed by atoms with Crippen LogP contribution in [0.15, 0.2) is 66.7 Å². The second-order valence-corrected chi connectivity index (χ2v) is 7.57. The topological polar surface area (TPSA) is 117 Å². The van der Waals surface area contributed by atoms with Gasteiger partial charge in [0.2, 0.25) is 0 Å². The number of nitrogens with zero attached hydrogens (tertiary/aromatic N) is 1. The molecule has 3 aromatic carbocycles. The van der Waals surface area contributed by atoms with Crippen molar-refractivity contribution in [2.75, 3.05) is 25.1 Å². The van der Waals surface area contributed by atoms with E-state index in [9.17, 15) is 19.7 Å². The molecule has 1 amide bonds. The molecule has 9 nitrogen and oxygen atoms in total. The van der Waals surface area contributed by atoms with Crippen molar-refractivity contribution < 1.29 is 28.7 Å². The molecule has 0 aromatic heterocycles. The number of hydrogen-bond donors (Lipinski definition) is 1. The van der Waals surface area contributed by atoms with E-state index in [0.29, 0.717) is 25.4 Å². The number of fused-ring (bicyclic) bond motifs is 1. The van der Waals surface area contributed by atoms with Crippen LogP contribution in [0.5, 0.6) is 11.5 Å². The number of carbonyl (C=O) groups is 2. The molecule has 34 heavy (non-hydrogen) atoms. The first kappa shape index (κ1) is 22.8. The van der Waals surface area contributed by atoms with Crippen LogP contribution in [0, 0.1) is 10.1 Å². The Labute approximate surface area is 195 Å². The van der Waals surface area contributed by atoms with Gasteiger partial charge in [0.1, 0.15) is 5.69 Å². The molecule has 4 rings (SSSR count). The van der Waals surface area contributed by atoms with Crippen LogP contribution >= 0.6 is 0 Å². The van der Waals surface area contributed by atoms with E-state index < -0.39 is 23.4 Å². The summed E-state index contributed by atoms with van der Waals surface area (Å²) in [6, 6.07) is 19.9. The first-order chi connectivity index (χ1) is 16.5. The molecule has 0 fully saturated rings. The Kier molecular flexibility index (Phi) is 7.02. The lowest BCUT2D eigenvalue weighted by molar-refractivity contribution is -0.384. The minimum Gasteiger partial charge on any atom is -0.489 e. The zero-order valence-electron chi connectivity index (χ0n) is 18.2. The van der Waals surface area contributed by atoms with Gasteiger partial charge in [-0.15, -0.1) is 0 Å². The van der Waals surface area contributed by atoms with Gasteiger partial charge >= 0.3 is 5.97 Å². The number of anilines is 1. The summed E-state index contributed by atoms with van der Waals surface area (Å²) in [4.78, 5) is 35.3. The third kappa shape index (κ3) is 5.69. The van der Waals surface area contributed by atoms with E-state index in [2.05, 4.69) is 5.32 Å². The lowest BCUT2D eigenvalue weighted by Gasteiger charge is -2.11. The number of nitrogens with one attached hydrogen (secondary N) is 1. The fourth-order valence-corrected chi connectivity index (χ4v) is 3.44. The van der Waals surface area contributed by atoms with Crippen LogP contribution in [0.1, 0.15) is 12.0 Å². The van der Waals surface area contributed by atoms with Crippen LogP contribution < -0.4 is 14.8 Å². The molecule has 0 bridgehead atoms. The van der Waals surface area contributed by atoms with E-state index in [4.69, 9.17) is 14.2 Å². The number of amides is 1. The number of esters is 1. The Bertz CT molecular complexity index is 1190. The molecular formula is C25H22N2O7. The highest BCUT2D eigenvalue weighted by Gasteiger charge is 2.23. The number of benzene rings is 3. The summed E-state index contributed by atoms with van der Waals surface area (Å²) in [6.07, 6.45) is 0.627. The second-order valence-electron chi connectivity index (χ2n) is 7.57. The molecule has 0 saturated heterocycles. The third-order valence-electron chi connectivity index (χ3n) is 5.11. The number of nitro benzene ring substituents is 1. The zero-order valence-corrected chi connectivity index (χ0v) is 18.2. The van der Waals surface area contributed by atoms with Crippen LogP contribution in [0.2, 0.25) is 0 Å². The average Bonchev–Trinajstić information content (AvgIpc) is 3.08. The van der Waals surface area contributed by atoms with Crippen LogP contribution in [0.25, 0.3) is 11.1 Å². The van der Waals surface area contributed by atoms with Crippen molar-refractivity contribution in [2.24, 2.45) is 0 Å². The molecule has 0 radical (unpaired) electrons. The Morgan fingerprint density at radius 1 is 0.941 bits per heavy atom. The summed E-state index contributed by atoms with van der Waals surface area (Å²) in [5.74, 6) is -0.748. The third-order valence-corrected chi connectivity index (χ3v) is 5.11. The first-order valence-electron chi connectivity index (χ1n) is 10.7. The van der Waals surface area contributed by atoms with Gasteiger partial charge in [-0.2, -0.15) is 0 Å². The van der Waals surface area contributed by atoms with Gasteiger partial charge in [0, 0.05) is 12.5 Å². The molecule has 0 spiro atoms. The fraction of sp³-hybridized carbons (Fsp3) is 0.200. The van der Waals surface area contributed by atoms with Gasteiger partial charge in [-0.1, -0.05) is 54.6 Å². The Hall–Kier alpha value is -4.40. The normalized spacial score (nSPS) is 12.4. The molecule has 0 saturated carbocycles. The maximum atomic E-state index is 12.3. The van der Waals surface area contributed by atoms with Gasteiger partial charge in [-0.25, -0.2) is 0 Å². The standard InChI is InChI=1S/C25H22N2O7/c28-24(26-20-14-22-23(15-21(20)27(30)31)33-12-4-11-32-22)16-34-25(29)13-17-7-9-19(10-8-17)18-5-2-1-3-6-18/h1-3,5-10,14-15H,4,11-13,16H2,(H,26,28). The number of carbonyl (C=O) groups excluding carboxylic acids is 2. The average molecular weight is 462 g/mol. The Balaban J connectivity index is 1.33. The lowest BCUT2D eigenvalue weighted by atomic mass is 10.0. The van der Waals surface area contributed by atoms with Gasteiger partial charge in [0.15, 0.2) is 18.1 Å². The predicted molar refractivity (Wildman–Crippen MR) is 124 cm³/mol. The molecular weight excluding hydrogens is 440 g/mol. The molecule has 0 aliphatic carbocycles. The lowest BCUT2D eigenvalue weighted by Crippen LogP contribution is -2.22. The van der Waals surface area contributed by atoms with E-state index >= 15 is 0 Å². The van der Waals surface area contributed by atoms with Crippen LogP contribution in [-0.2, 0) is 20.7 Å².